The molecule has 0 fully saturated rings. The maximum atomic E-state index is 12.6. The zero-order valence-electron chi connectivity index (χ0n) is 13.2. The molecule has 0 aliphatic carbocycles. The number of nitrogens with two attached hydrogens (primary N) is 1. The van der Waals surface area contributed by atoms with Crippen molar-refractivity contribution in [2.75, 3.05) is 6.54 Å². The Morgan fingerprint density at radius 1 is 0.955 bits per heavy atom. The van der Waals surface area contributed by atoms with Gasteiger partial charge >= 0.3 is 0 Å². The van der Waals surface area contributed by atoms with Gasteiger partial charge in [-0.05, 0) is 17.0 Å². The maximum Gasteiger partial charge on any atom is 0.227 e. The number of rotatable bonds is 6. The first kappa shape index (κ1) is 16.2. The van der Waals surface area contributed by atoms with Crippen molar-refractivity contribution in [1.82, 2.24) is 5.32 Å². The van der Waals surface area contributed by atoms with E-state index in [1.165, 1.54) is 0 Å². The fraction of sp³-hybridized carbons (Fsp3) is 0.316. The summed E-state index contributed by atoms with van der Waals surface area (Å²) in [6, 6.07) is 19.5. The van der Waals surface area contributed by atoms with Crippen LogP contribution in [0.5, 0.6) is 0 Å². The van der Waals surface area contributed by atoms with Gasteiger partial charge in [-0.15, -0.1) is 0 Å². The summed E-state index contributed by atoms with van der Waals surface area (Å²) in [6.45, 7) is 4.57. The van der Waals surface area contributed by atoms with Gasteiger partial charge in [0, 0.05) is 12.6 Å². The molecule has 1 amide bonds. The lowest BCUT2D eigenvalue weighted by molar-refractivity contribution is -0.123. The Hall–Kier alpha value is -2.13. The molecule has 3 N–H and O–H groups in total. The second kappa shape index (κ2) is 7.76. The van der Waals surface area contributed by atoms with Gasteiger partial charge in [-0.1, -0.05) is 74.5 Å². The average molecular weight is 296 g/mol. The van der Waals surface area contributed by atoms with Crippen molar-refractivity contribution < 1.29 is 4.79 Å². The van der Waals surface area contributed by atoms with Crippen LogP contribution < -0.4 is 11.1 Å². The normalized spacial score (nSPS) is 13.6. The minimum absolute atomic E-state index is 0.0348. The molecule has 0 aliphatic heterocycles. The van der Waals surface area contributed by atoms with Crippen LogP contribution in [0.4, 0.5) is 0 Å². The molecular weight excluding hydrogens is 272 g/mol. The summed E-state index contributed by atoms with van der Waals surface area (Å²) in [5.41, 5.74) is 8.22. The summed E-state index contributed by atoms with van der Waals surface area (Å²) >= 11 is 0. The Labute approximate surface area is 132 Å². The van der Waals surface area contributed by atoms with E-state index in [9.17, 15) is 4.79 Å². The van der Waals surface area contributed by atoms with Crippen LogP contribution in [0.3, 0.4) is 0 Å². The molecule has 2 rings (SSSR count). The van der Waals surface area contributed by atoms with Crippen LogP contribution in [-0.4, -0.2) is 12.5 Å². The van der Waals surface area contributed by atoms with Gasteiger partial charge in [-0.3, -0.25) is 4.79 Å². The molecule has 0 saturated carbocycles. The topological polar surface area (TPSA) is 55.1 Å². The average Bonchev–Trinajstić information content (AvgIpc) is 2.54. The molecule has 0 aliphatic rings. The Balaban J connectivity index is 2.00. The van der Waals surface area contributed by atoms with E-state index in [-0.39, 0.29) is 23.8 Å². The van der Waals surface area contributed by atoms with Crippen LogP contribution in [0.15, 0.2) is 60.7 Å². The predicted molar refractivity (Wildman–Crippen MR) is 90.4 cm³/mol. The molecule has 2 atom stereocenters. The minimum atomic E-state index is -0.186. The Kier molecular flexibility index (Phi) is 5.73. The van der Waals surface area contributed by atoms with E-state index in [1.54, 1.807) is 0 Å². The number of amides is 1. The molecule has 2 aromatic carbocycles. The van der Waals surface area contributed by atoms with Gasteiger partial charge < -0.3 is 11.1 Å². The molecule has 2 aromatic rings. The van der Waals surface area contributed by atoms with Crippen LogP contribution in [0.25, 0.3) is 0 Å². The van der Waals surface area contributed by atoms with E-state index >= 15 is 0 Å². The molecule has 2 unspecified atom stereocenters. The molecule has 116 valence electrons. The van der Waals surface area contributed by atoms with Crippen LogP contribution in [0, 0.1) is 5.92 Å². The van der Waals surface area contributed by atoms with Crippen molar-refractivity contribution in [3.63, 3.8) is 0 Å². The molecule has 0 spiro atoms. The molecule has 0 heterocycles. The third-order valence-electron chi connectivity index (χ3n) is 3.83. The third-order valence-corrected chi connectivity index (χ3v) is 3.83. The van der Waals surface area contributed by atoms with Crippen LogP contribution >= 0.6 is 0 Å². The van der Waals surface area contributed by atoms with Gasteiger partial charge in [0.25, 0.3) is 0 Å². The first-order valence-electron chi connectivity index (χ1n) is 7.72. The maximum absolute atomic E-state index is 12.6. The van der Waals surface area contributed by atoms with Crippen LogP contribution in [0.1, 0.15) is 36.9 Å². The van der Waals surface area contributed by atoms with Crippen molar-refractivity contribution in [2.24, 2.45) is 11.7 Å². The van der Waals surface area contributed by atoms with E-state index < -0.39 is 0 Å². The van der Waals surface area contributed by atoms with Gasteiger partial charge in [0.2, 0.25) is 5.91 Å². The number of hydrogen-bond donors (Lipinski definition) is 2. The van der Waals surface area contributed by atoms with Crippen LogP contribution in [-0.2, 0) is 4.79 Å². The molecule has 3 heteroatoms. The SMILES string of the molecule is CC(C)C(C(=O)NCC(N)c1ccccc1)c1ccccc1. The van der Waals surface area contributed by atoms with Gasteiger partial charge in [0.15, 0.2) is 0 Å². The van der Waals surface area contributed by atoms with Gasteiger partial charge in [0.1, 0.15) is 0 Å². The van der Waals surface area contributed by atoms with E-state index in [0.717, 1.165) is 11.1 Å². The smallest absolute Gasteiger partial charge is 0.227 e. The Morgan fingerprint density at radius 3 is 1.95 bits per heavy atom. The van der Waals surface area contributed by atoms with Gasteiger partial charge in [0.05, 0.1) is 5.92 Å². The zero-order valence-corrected chi connectivity index (χ0v) is 13.2. The fourth-order valence-electron chi connectivity index (χ4n) is 2.64. The number of hydrogen-bond acceptors (Lipinski definition) is 2. The highest BCUT2D eigenvalue weighted by molar-refractivity contribution is 5.83. The number of benzene rings is 2. The van der Waals surface area contributed by atoms with E-state index in [0.29, 0.717) is 6.54 Å². The summed E-state index contributed by atoms with van der Waals surface area (Å²) in [5.74, 6) is 0.118. The molecule has 0 saturated heterocycles. The largest absolute Gasteiger partial charge is 0.354 e. The monoisotopic (exact) mass is 296 g/mol. The van der Waals surface area contributed by atoms with Crippen LogP contribution in [0.2, 0.25) is 0 Å². The standard InChI is InChI=1S/C19H24N2O/c1-14(2)18(16-11-7-4-8-12-16)19(22)21-13-17(20)15-9-5-3-6-10-15/h3-12,14,17-18H,13,20H2,1-2H3,(H,21,22). The number of carbonyl (C=O) groups is 1. The minimum Gasteiger partial charge on any atom is -0.354 e. The van der Waals surface area contributed by atoms with Crippen molar-refractivity contribution in [2.45, 2.75) is 25.8 Å². The lowest BCUT2D eigenvalue weighted by Gasteiger charge is -2.22. The van der Waals surface area contributed by atoms with E-state index in [1.807, 2.05) is 60.7 Å². The van der Waals surface area contributed by atoms with E-state index in [4.69, 9.17) is 5.73 Å². The highest BCUT2D eigenvalue weighted by Crippen LogP contribution is 2.24. The first-order chi connectivity index (χ1) is 10.6. The van der Waals surface area contributed by atoms with Crippen molar-refractivity contribution >= 4 is 5.91 Å². The first-order valence-corrected chi connectivity index (χ1v) is 7.72. The van der Waals surface area contributed by atoms with Crippen molar-refractivity contribution in [3.8, 4) is 0 Å². The fourth-order valence-corrected chi connectivity index (χ4v) is 2.64. The summed E-state index contributed by atoms with van der Waals surface area (Å²) in [4.78, 5) is 12.6. The van der Waals surface area contributed by atoms with Gasteiger partial charge in [-0.2, -0.15) is 0 Å². The van der Waals surface area contributed by atoms with Crippen molar-refractivity contribution in [3.05, 3.63) is 71.8 Å². The number of carbonyl (C=O) groups excluding carboxylic acids is 1. The summed E-state index contributed by atoms with van der Waals surface area (Å²) in [6.07, 6.45) is 0. The third kappa shape index (κ3) is 4.18. The summed E-state index contributed by atoms with van der Waals surface area (Å²) in [7, 11) is 0. The lowest BCUT2D eigenvalue weighted by Crippen LogP contribution is -2.36. The molecule has 0 radical (unpaired) electrons. The second-order valence-electron chi connectivity index (χ2n) is 5.89. The highest BCUT2D eigenvalue weighted by atomic mass is 16.1. The summed E-state index contributed by atoms with van der Waals surface area (Å²) < 4.78 is 0. The predicted octanol–water partition coefficient (Wildman–Crippen LogP) is 3.24. The molecule has 22 heavy (non-hydrogen) atoms. The quantitative estimate of drug-likeness (QED) is 0.860. The Morgan fingerprint density at radius 2 is 1.45 bits per heavy atom. The molecule has 0 bridgehead atoms. The number of nitrogens with one attached hydrogen (secondary N) is 1. The molecular formula is C19H24N2O. The van der Waals surface area contributed by atoms with Gasteiger partial charge in [-0.25, -0.2) is 0 Å². The second-order valence-corrected chi connectivity index (χ2v) is 5.89. The highest BCUT2D eigenvalue weighted by Gasteiger charge is 2.24. The van der Waals surface area contributed by atoms with E-state index in [2.05, 4.69) is 19.2 Å². The zero-order chi connectivity index (χ0) is 15.9. The lowest BCUT2D eigenvalue weighted by atomic mass is 9.87. The molecule has 3 nitrogen and oxygen atoms in total. The molecule has 0 aromatic heterocycles. The summed E-state index contributed by atoms with van der Waals surface area (Å²) in [5, 5.41) is 3.00. The Bertz CT molecular complexity index is 581. The van der Waals surface area contributed by atoms with Crippen molar-refractivity contribution in [1.29, 1.82) is 0 Å².